The molecule has 0 bridgehead atoms. The highest BCUT2D eigenvalue weighted by molar-refractivity contribution is 5.57. The van der Waals surface area contributed by atoms with Crippen LogP contribution in [-0.4, -0.2) is 23.6 Å². The molecule has 0 fully saturated rings. The summed E-state index contributed by atoms with van der Waals surface area (Å²) < 4.78 is 5.31. The maximum atomic E-state index is 5.31. The minimum atomic E-state index is 0.796. The number of hydrogen-bond acceptors (Lipinski definition) is 5. The second-order valence-corrected chi connectivity index (χ2v) is 4.31. The Kier molecular flexibility index (Phi) is 4.78. The summed E-state index contributed by atoms with van der Waals surface area (Å²) in [6, 6.07) is 3.88. The van der Waals surface area contributed by atoms with Gasteiger partial charge in [0.1, 0.15) is 23.7 Å². The van der Waals surface area contributed by atoms with Gasteiger partial charge in [0.2, 0.25) is 0 Å². The molecule has 0 aromatic carbocycles. The van der Waals surface area contributed by atoms with Crippen LogP contribution < -0.4 is 10.6 Å². The summed E-state index contributed by atoms with van der Waals surface area (Å²) in [6.07, 6.45) is 6.15. The molecule has 0 unspecified atom stereocenters. The summed E-state index contributed by atoms with van der Waals surface area (Å²) in [7, 11) is 1.88. The van der Waals surface area contributed by atoms with Crippen molar-refractivity contribution in [2.45, 2.75) is 26.2 Å². The van der Waals surface area contributed by atoms with E-state index in [0.717, 1.165) is 48.8 Å². The third-order valence-corrected chi connectivity index (χ3v) is 2.93. The molecule has 5 heteroatoms. The number of nitrogens with one attached hydrogen (secondary N) is 2. The van der Waals surface area contributed by atoms with E-state index in [4.69, 9.17) is 4.42 Å². The molecule has 0 aliphatic carbocycles. The fourth-order valence-electron chi connectivity index (χ4n) is 2.03. The Morgan fingerprint density at radius 3 is 2.74 bits per heavy atom. The SMILES string of the molecule is CCCc1c(NC)ncnc1NCCc1ccco1. The van der Waals surface area contributed by atoms with Crippen molar-refractivity contribution in [1.29, 1.82) is 0 Å². The summed E-state index contributed by atoms with van der Waals surface area (Å²) in [4.78, 5) is 8.59. The van der Waals surface area contributed by atoms with Gasteiger partial charge in [-0.05, 0) is 18.6 Å². The van der Waals surface area contributed by atoms with E-state index < -0.39 is 0 Å². The molecule has 0 spiro atoms. The molecule has 0 saturated carbocycles. The maximum Gasteiger partial charge on any atom is 0.134 e. The monoisotopic (exact) mass is 260 g/mol. The molecule has 0 radical (unpaired) electrons. The van der Waals surface area contributed by atoms with Crippen molar-refractivity contribution in [2.24, 2.45) is 0 Å². The van der Waals surface area contributed by atoms with E-state index in [0.29, 0.717) is 0 Å². The zero-order valence-corrected chi connectivity index (χ0v) is 11.4. The van der Waals surface area contributed by atoms with Crippen molar-refractivity contribution in [3.8, 4) is 0 Å². The van der Waals surface area contributed by atoms with Crippen LogP contribution >= 0.6 is 0 Å². The number of furan rings is 1. The Balaban J connectivity index is 2.02. The van der Waals surface area contributed by atoms with E-state index in [-0.39, 0.29) is 0 Å². The summed E-state index contributed by atoms with van der Waals surface area (Å²) >= 11 is 0. The lowest BCUT2D eigenvalue weighted by Crippen LogP contribution is -2.11. The molecule has 2 aromatic heterocycles. The highest BCUT2D eigenvalue weighted by Gasteiger charge is 2.09. The van der Waals surface area contributed by atoms with Crippen LogP contribution in [0.2, 0.25) is 0 Å². The van der Waals surface area contributed by atoms with Crippen molar-refractivity contribution >= 4 is 11.6 Å². The second-order valence-electron chi connectivity index (χ2n) is 4.31. The Labute approximate surface area is 113 Å². The summed E-state index contributed by atoms with van der Waals surface area (Å²) in [6.45, 7) is 2.95. The highest BCUT2D eigenvalue weighted by atomic mass is 16.3. The van der Waals surface area contributed by atoms with Gasteiger partial charge in [-0.2, -0.15) is 0 Å². The molecule has 2 aromatic rings. The van der Waals surface area contributed by atoms with Gasteiger partial charge in [0.05, 0.1) is 6.26 Å². The molecule has 0 aliphatic rings. The summed E-state index contributed by atoms with van der Waals surface area (Å²) in [5.41, 5.74) is 1.15. The number of anilines is 2. The number of rotatable bonds is 7. The predicted octanol–water partition coefficient (Wildman–Crippen LogP) is 2.72. The van der Waals surface area contributed by atoms with Gasteiger partial charge in [-0.1, -0.05) is 13.3 Å². The minimum Gasteiger partial charge on any atom is -0.469 e. The Morgan fingerprint density at radius 2 is 2.05 bits per heavy atom. The lowest BCUT2D eigenvalue weighted by atomic mass is 10.1. The number of hydrogen-bond donors (Lipinski definition) is 2. The smallest absolute Gasteiger partial charge is 0.134 e. The van der Waals surface area contributed by atoms with Crippen molar-refractivity contribution in [3.63, 3.8) is 0 Å². The van der Waals surface area contributed by atoms with Crippen LogP contribution in [0.3, 0.4) is 0 Å². The predicted molar refractivity (Wildman–Crippen MR) is 76.5 cm³/mol. The molecule has 0 atom stereocenters. The molecule has 0 saturated heterocycles. The molecule has 19 heavy (non-hydrogen) atoms. The fourth-order valence-corrected chi connectivity index (χ4v) is 2.03. The zero-order valence-electron chi connectivity index (χ0n) is 11.4. The minimum absolute atomic E-state index is 0.796. The van der Waals surface area contributed by atoms with Crippen LogP contribution in [0, 0.1) is 0 Å². The summed E-state index contributed by atoms with van der Waals surface area (Å²) in [5.74, 6) is 2.79. The zero-order chi connectivity index (χ0) is 13.5. The number of nitrogens with zero attached hydrogens (tertiary/aromatic N) is 2. The first kappa shape index (κ1) is 13.4. The van der Waals surface area contributed by atoms with E-state index >= 15 is 0 Å². The topological polar surface area (TPSA) is 63.0 Å². The van der Waals surface area contributed by atoms with Crippen molar-refractivity contribution in [3.05, 3.63) is 36.0 Å². The molecular weight excluding hydrogens is 240 g/mol. The molecule has 2 heterocycles. The first-order chi connectivity index (χ1) is 9.35. The van der Waals surface area contributed by atoms with E-state index in [2.05, 4.69) is 27.5 Å². The normalized spacial score (nSPS) is 10.4. The third kappa shape index (κ3) is 3.47. The van der Waals surface area contributed by atoms with Crippen molar-refractivity contribution < 1.29 is 4.42 Å². The molecule has 2 rings (SSSR count). The van der Waals surface area contributed by atoms with Gasteiger partial charge in [0.15, 0.2) is 0 Å². The number of aromatic nitrogens is 2. The largest absolute Gasteiger partial charge is 0.469 e. The maximum absolute atomic E-state index is 5.31. The van der Waals surface area contributed by atoms with Crippen molar-refractivity contribution in [1.82, 2.24) is 9.97 Å². The third-order valence-electron chi connectivity index (χ3n) is 2.93. The lowest BCUT2D eigenvalue weighted by molar-refractivity contribution is 0.513. The van der Waals surface area contributed by atoms with E-state index in [1.807, 2.05) is 19.2 Å². The van der Waals surface area contributed by atoms with Crippen molar-refractivity contribution in [2.75, 3.05) is 24.2 Å². The Bertz CT molecular complexity index is 496. The molecule has 0 aliphatic heterocycles. The van der Waals surface area contributed by atoms with Gasteiger partial charge in [-0.3, -0.25) is 0 Å². The van der Waals surface area contributed by atoms with E-state index in [9.17, 15) is 0 Å². The van der Waals surface area contributed by atoms with Crippen LogP contribution in [0.15, 0.2) is 29.1 Å². The highest BCUT2D eigenvalue weighted by Crippen LogP contribution is 2.21. The molecule has 5 nitrogen and oxygen atoms in total. The first-order valence-electron chi connectivity index (χ1n) is 6.63. The van der Waals surface area contributed by atoms with Gasteiger partial charge < -0.3 is 15.1 Å². The van der Waals surface area contributed by atoms with Gasteiger partial charge in [0, 0.05) is 25.6 Å². The lowest BCUT2D eigenvalue weighted by Gasteiger charge is -2.13. The van der Waals surface area contributed by atoms with Gasteiger partial charge >= 0.3 is 0 Å². The molecule has 102 valence electrons. The average Bonchev–Trinajstić information content (AvgIpc) is 2.94. The van der Waals surface area contributed by atoms with E-state index in [1.165, 1.54) is 0 Å². The molecular formula is C14H20N4O. The van der Waals surface area contributed by atoms with Crippen LogP contribution in [0.25, 0.3) is 0 Å². The molecule has 2 N–H and O–H groups in total. The summed E-state index contributed by atoms with van der Waals surface area (Å²) in [5, 5.41) is 6.48. The molecule has 0 amide bonds. The van der Waals surface area contributed by atoms with Gasteiger partial charge in [0.25, 0.3) is 0 Å². The first-order valence-corrected chi connectivity index (χ1v) is 6.63. The second kappa shape index (κ2) is 6.78. The van der Waals surface area contributed by atoms with Crippen LogP contribution in [-0.2, 0) is 12.8 Å². The Morgan fingerprint density at radius 1 is 1.21 bits per heavy atom. The van der Waals surface area contributed by atoms with Gasteiger partial charge in [-0.15, -0.1) is 0 Å². The standard InChI is InChI=1S/C14H20N4O/c1-3-5-12-13(15-2)17-10-18-14(12)16-8-7-11-6-4-9-19-11/h4,6,9-10H,3,5,7-8H2,1-2H3,(H2,15,16,17,18). The van der Waals surface area contributed by atoms with E-state index in [1.54, 1.807) is 12.6 Å². The Hall–Kier alpha value is -2.04. The van der Waals surface area contributed by atoms with Crippen LogP contribution in [0.5, 0.6) is 0 Å². The average molecular weight is 260 g/mol. The van der Waals surface area contributed by atoms with Crippen LogP contribution in [0.4, 0.5) is 11.6 Å². The fraction of sp³-hybridized carbons (Fsp3) is 0.429. The van der Waals surface area contributed by atoms with Gasteiger partial charge in [-0.25, -0.2) is 9.97 Å². The van der Waals surface area contributed by atoms with Crippen LogP contribution in [0.1, 0.15) is 24.7 Å². The quantitative estimate of drug-likeness (QED) is 0.801.